The van der Waals surface area contributed by atoms with Crippen molar-refractivity contribution in [1.82, 2.24) is 16.0 Å². The van der Waals surface area contributed by atoms with E-state index in [-0.39, 0.29) is 11.7 Å². The largest absolute Gasteiger partial charge is 0.480 e. The molecule has 11 heteroatoms. The maximum atomic E-state index is 12.7. The lowest BCUT2D eigenvalue weighted by Crippen LogP contribution is -2.56. The van der Waals surface area contributed by atoms with E-state index in [1.807, 2.05) is 13.8 Å². The van der Waals surface area contributed by atoms with Gasteiger partial charge in [0.2, 0.25) is 17.7 Å². The summed E-state index contributed by atoms with van der Waals surface area (Å²) in [6.07, 6.45) is 1.92. The zero-order valence-electron chi connectivity index (χ0n) is 16.4. The van der Waals surface area contributed by atoms with Gasteiger partial charge in [0.15, 0.2) is 0 Å². The van der Waals surface area contributed by atoms with E-state index in [2.05, 4.69) is 28.6 Å². The molecule has 28 heavy (non-hydrogen) atoms. The van der Waals surface area contributed by atoms with Crippen LogP contribution in [0.5, 0.6) is 0 Å². The number of nitrogens with two attached hydrogens (primary N) is 2. The lowest BCUT2D eigenvalue weighted by atomic mass is 10.0. The molecule has 0 heterocycles. The number of thiol groups is 1. The molecule has 0 rings (SSSR count). The highest BCUT2D eigenvalue weighted by Gasteiger charge is 2.28. The van der Waals surface area contributed by atoms with Gasteiger partial charge in [-0.3, -0.25) is 19.2 Å². The number of unbranched alkanes of at least 4 members (excludes halogenated alkanes) is 1. The smallest absolute Gasteiger partial charge is 0.322 e. The number of rotatable bonds is 14. The number of nitrogens with one attached hydrogen (secondary N) is 3. The highest BCUT2D eigenvalue weighted by atomic mass is 32.1. The number of amides is 3. The summed E-state index contributed by atoms with van der Waals surface area (Å²) in [5.74, 6) is -2.63. The number of hydrogen-bond donors (Lipinski definition) is 7. The number of hydrogen-bond acceptors (Lipinski definition) is 7. The van der Waals surface area contributed by atoms with Crippen molar-refractivity contribution < 1.29 is 24.3 Å². The number of carboxylic acid groups (broad SMARTS) is 1. The molecular weight excluding hydrogens is 386 g/mol. The van der Waals surface area contributed by atoms with E-state index in [4.69, 9.17) is 16.6 Å². The highest BCUT2D eigenvalue weighted by Crippen LogP contribution is 2.07. The van der Waals surface area contributed by atoms with E-state index in [0.29, 0.717) is 32.2 Å². The second-order valence-corrected chi connectivity index (χ2v) is 7.30. The van der Waals surface area contributed by atoms with Gasteiger partial charge in [-0.1, -0.05) is 13.8 Å². The minimum Gasteiger partial charge on any atom is -0.480 e. The maximum Gasteiger partial charge on any atom is 0.322 e. The third kappa shape index (κ3) is 11.1. The van der Waals surface area contributed by atoms with E-state index in [0.717, 1.165) is 0 Å². The lowest BCUT2D eigenvalue weighted by molar-refractivity contribution is -0.138. The summed E-state index contributed by atoms with van der Waals surface area (Å²) in [5, 5.41) is 16.2. The molecule has 0 aromatic heterocycles. The molecule has 0 fully saturated rings. The Labute approximate surface area is 171 Å². The molecule has 0 aromatic carbocycles. The predicted molar refractivity (Wildman–Crippen MR) is 109 cm³/mol. The van der Waals surface area contributed by atoms with Crippen LogP contribution in [-0.2, 0) is 19.2 Å². The first-order chi connectivity index (χ1) is 13.1. The maximum absolute atomic E-state index is 12.7. The van der Waals surface area contributed by atoms with E-state index in [1.165, 1.54) is 0 Å². The van der Waals surface area contributed by atoms with Gasteiger partial charge in [-0.05, 0) is 38.1 Å². The Morgan fingerprint density at radius 1 is 1.00 bits per heavy atom. The molecule has 0 aliphatic rings. The molecule has 0 aliphatic heterocycles. The van der Waals surface area contributed by atoms with Crippen LogP contribution in [0.3, 0.4) is 0 Å². The van der Waals surface area contributed by atoms with Crippen molar-refractivity contribution in [3.8, 4) is 0 Å². The van der Waals surface area contributed by atoms with Crippen molar-refractivity contribution in [2.24, 2.45) is 17.4 Å². The van der Waals surface area contributed by atoms with Crippen LogP contribution in [0, 0.1) is 5.92 Å². The minimum absolute atomic E-state index is 0.0729. The van der Waals surface area contributed by atoms with Gasteiger partial charge in [0.1, 0.15) is 18.6 Å². The Bertz CT molecular complexity index is 532. The molecule has 10 nitrogen and oxygen atoms in total. The van der Waals surface area contributed by atoms with Crippen molar-refractivity contribution in [3.05, 3.63) is 0 Å². The van der Waals surface area contributed by atoms with Crippen LogP contribution in [0.1, 0.15) is 39.5 Å². The molecular formula is C17H33N5O5S. The monoisotopic (exact) mass is 419 g/mol. The first-order valence-corrected chi connectivity index (χ1v) is 9.92. The van der Waals surface area contributed by atoms with Gasteiger partial charge in [0.05, 0.1) is 6.04 Å². The van der Waals surface area contributed by atoms with Crippen molar-refractivity contribution >= 4 is 36.3 Å². The average Bonchev–Trinajstić information content (AvgIpc) is 2.63. The Hall–Kier alpha value is -1.85. The van der Waals surface area contributed by atoms with Gasteiger partial charge in [-0.25, -0.2) is 0 Å². The zero-order valence-corrected chi connectivity index (χ0v) is 17.3. The minimum atomic E-state index is -1.18. The van der Waals surface area contributed by atoms with Crippen molar-refractivity contribution in [2.75, 3.05) is 18.8 Å². The van der Waals surface area contributed by atoms with E-state index in [1.54, 1.807) is 0 Å². The standard InChI is InChI=1S/C17H33N5O5S/c1-10(2)7-13(16(26)20-8-14(23)24)22-17(27)12(5-3-4-6-18)21-15(25)11(19)9-28/h10-13,28H,3-9,18-19H2,1-2H3,(H,20,26)(H,21,25)(H,22,27)(H,23,24). The van der Waals surface area contributed by atoms with Crippen LogP contribution in [-0.4, -0.2) is 65.8 Å². The predicted octanol–water partition coefficient (Wildman–Crippen LogP) is -1.41. The fourth-order valence-electron chi connectivity index (χ4n) is 2.38. The van der Waals surface area contributed by atoms with Gasteiger partial charge in [0, 0.05) is 5.75 Å². The highest BCUT2D eigenvalue weighted by molar-refractivity contribution is 7.80. The van der Waals surface area contributed by atoms with Crippen molar-refractivity contribution in [3.63, 3.8) is 0 Å². The second-order valence-electron chi connectivity index (χ2n) is 6.94. The zero-order chi connectivity index (χ0) is 21.7. The molecule has 0 saturated heterocycles. The fourth-order valence-corrected chi connectivity index (χ4v) is 2.55. The summed E-state index contributed by atoms with van der Waals surface area (Å²) < 4.78 is 0. The fraction of sp³-hybridized carbons (Fsp3) is 0.765. The van der Waals surface area contributed by atoms with Gasteiger partial charge in [0.25, 0.3) is 0 Å². The van der Waals surface area contributed by atoms with Crippen LogP contribution in [0.15, 0.2) is 0 Å². The first kappa shape index (κ1) is 26.1. The number of carbonyl (C=O) groups excluding carboxylic acids is 3. The van der Waals surface area contributed by atoms with Crippen LogP contribution < -0.4 is 27.4 Å². The summed E-state index contributed by atoms with van der Waals surface area (Å²) in [7, 11) is 0. The first-order valence-electron chi connectivity index (χ1n) is 9.29. The number of carbonyl (C=O) groups is 4. The van der Waals surface area contributed by atoms with Crippen LogP contribution >= 0.6 is 12.6 Å². The molecule has 0 aliphatic carbocycles. The summed E-state index contributed by atoms with van der Waals surface area (Å²) >= 11 is 3.97. The Morgan fingerprint density at radius 2 is 1.61 bits per heavy atom. The second kappa shape index (κ2) is 14.2. The summed E-state index contributed by atoms with van der Waals surface area (Å²) in [6.45, 7) is 3.65. The lowest BCUT2D eigenvalue weighted by Gasteiger charge is -2.24. The quantitative estimate of drug-likeness (QED) is 0.134. The van der Waals surface area contributed by atoms with Crippen LogP contribution in [0.2, 0.25) is 0 Å². The summed E-state index contributed by atoms with van der Waals surface area (Å²) in [6, 6.07) is -2.66. The summed E-state index contributed by atoms with van der Waals surface area (Å²) in [5.41, 5.74) is 11.1. The SMILES string of the molecule is CC(C)CC(NC(=O)C(CCCCN)NC(=O)C(N)CS)C(=O)NCC(=O)O. The number of aliphatic carboxylic acids is 1. The third-order valence-corrected chi connectivity index (χ3v) is 4.26. The number of carboxylic acids is 1. The molecule has 0 saturated carbocycles. The Balaban J connectivity index is 5.16. The van der Waals surface area contributed by atoms with Gasteiger partial charge in [-0.15, -0.1) is 0 Å². The molecule has 3 unspecified atom stereocenters. The van der Waals surface area contributed by atoms with Gasteiger partial charge < -0.3 is 32.5 Å². The molecule has 0 bridgehead atoms. The topological polar surface area (TPSA) is 177 Å². The molecule has 8 N–H and O–H groups in total. The molecule has 162 valence electrons. The molecule has 0 radical (unpaired) electrons. The van der Waals surface area contributed by atoms with Crippen LogP contribution in [0.4, 0.5) is 0 Å². The summed E-state index contributed by atoms with van der Waals surface area (Å²) in [4.78, 5) is 47.7. The Morgan fingerprint density at radius 3 is 2.11 bits per heavy atom. The third-order valence-electron chi connectivity index (χ3n) is 3.87. The molecule has 0 aromatic rings. The average molecular weight is 420 g/mol. The Kier molecular flexibility index (Phi) is 13.3. The van der Waals surface area contributed by atoms with Crippen molar-refractivity contribution in [1.29, 1.82) is 0 Å². The van der Waals surface area contributed by atoms with Gasteiger partial charge >= 0.3 is 5.97 Å². The molecule has 3 amide bonds. The van der Waals surface area contributed by atoms with Gasteiger partial charge in [-0.2, -0.15) is 12.6 Å². The van der Waals surface area contributed by atoms with E-state index >= 15 is 0 Å². The normalized spacial score (nSPS) is 14.1. The van der Waals surface area contributed by atoms with E-state index < -0.39 is 48.4 Å². The molecule has 0 spiro atoms. The van der Waals surface area contributed by atoms with Crippen LogP contribution in [0.25, 0.3) is 0 Å². The molecule has 3 atom stereocenters. The van der Waals surface area contributed by atoms with E-state index in [9.17, 15) is 19.2 Å². The van der Waals surface area contributed by atoms with Crippen molar-refractivity contribution in [2.45, 2.75) is 57.7 Å².